The molecule has 0 spiro atoms. The van der Waals surface area contributed by atoms with Crippen LogP contribution in [0.1, 0.15) is 100 Å². The minimum atomic E-state index is -0.711. The zero-order valence-electron chi connectivity index (χ0n) is 36.8. The summed E-state index contributed by atoms with van der Waals surface area (Å²) in [7, 11) is 1.36. The molecule has 1 saturated heterocycles. The number of likely N-dealkylation sites (tertiary alicyclic amines) is 1. The predicted octanol–water partition coefficient (Wildman–Crippen LogP) is 7.25. The summed E-state index contributed by atoms with van der Waals surface area (Å²) in [5.74, 6) is 1.44. The van der Waals surface area contributed by atoms with Gasteiger partial charge in [0.25, 0.3) is 5.91 Å². The lowest BCUT2D eigenvalue weighted by molar-refractivity contribution is -0.141. The zero-order valence-corrected chi connectivity index (χ0v) is 36.8. The summed E-state index contributed by atoms with van der Waals surface area (Å²) in [5.41, 5.74) is 1.69. The first kappa shape index (κ1) is 47.5. The number of aromatic nitrogens is 4. The fourth-order valence-electron chi connectivity index (χ4n) is 6.83. The van der Waals surface area contributed by atoms with Gasteiger partial charge < -0.3 is 44.0 Å². The molecule has 336 valence electrons. The van der Waals surface area contributed by atoms with Gasteiger partial charge in [0.15, 0.2) is 11.6 Å². The van der Waals surface area contributed by atoms with Crippen LogP contribution in [0.2, 0.25) is 0 Å². The summed E-state index contributed by atoms with van der Waals surface area (Å²) in [5, 5.41) is 14.5. The number of amides is 2. The van der Waals surface area contributed by atoms with Crippen LogP contribution in [0.4, 0.5) is 10.5 Å². The molecule has 0 bridgehead atoms. The number of unbranched alkanes of at least 4 members (excludes halogenated alkanes) is 3. The number of rotatable bonds is 24. The first-order valence-electron chi connectivity index (χ1n) is 21.5. The maximum Gasteiger partial charge on any atom is 0.410 e. The molecule has 16 heteroatoms. The number of hydrogen-bond donors (Lipinski definition) is 3. The highest BCUT2D eigenvalue weighted by molar-refractivity contribution is 5.95. The molecule has 4 aromatic rings. The van der Waals surface area contributed by atoms with Gasteiger partial charge in [-0.25, -0.2) is 9.78 Å². The quantitative estimate of drug-likeness (QED) is 0.0473. The van der Waals surface area contributed by atoms with Crippen molar-refractivity contribution in [1.29, 1.82) is 0 Å². The monoisotopic (exact) mass is 857 g/mol. The van der Waals surface area contributed by atoms with Crippen LogP contribution in [0.25, 0.3) is 11.4 Å². The van der Waals surface area contributed by atoms with Crippen molar-refractivity contribution in [3.05, 3.63) is 90.0 Å². The van der Waals surface area contributed by atoms with Crippen molar-refractivity contribution < 1.29 is 42.8 Å². The summed E-state index contributed by atoms with van der Waals surface area (Å²) >= 11 is 0. The molecule has 1 aliphatic heterocycles. The van der Waals surface area contributed by atoms with Gasteiger partial charge in [-0.05, 0) is 108 Å². The van der Waals surface area contributed by atoms with Crippen molar-refractivity contribution in [1.82, 2.24) is 30.4 Å². The van der Waals surface area contributed by atoms with Crippen LogP contribution in [-0.4, -0.2) is 115 Å². The normalized spacial score (nSPS) is 14.2. The van der Waals surface area contributed by atoms with E-state index in [9.17, 15) is 14.4 Å². The van der Waals surface area contributed by atoms with Gasteiger partial charge in [0.2, 0.25) is 0 Å². The minimum Gasteiger partial charge on any atom is -0.494 e. The molecule has 5 rings (SSSR count). The van der Waals surface area contributed by atoms with E-state index in [1.807, 2.05) is 82.3 Å². The number of piperidine rings is 1. The van der Waals surface area contributed by atoms with Crippen molar-refractivity contribution in [3.63, 3.8) is 0 Å². The predicted molar refractivity (Wildman–Crippen MR) is 234 cm³/mol. The van der Waals surface area contributed by atoms with E-state index in [1.165, 1.54) is 7.11 Å². The lowest BCUT2D eigenvalue weighted by Crippen LogP contribution is -2.50. The van der Waals surface area contributed by atoms with E-state index in [0.29, 0.717) is 89.4 Å². The van der Waals surface area contributed by atoms with Crippen LogP contribution >= 0.6 is 0 Å². The van der Waals surface area contributed by atoms with E-state index in [1.54, 1.807) is 23.4 Å². The van der Waals surface area contributed by atoms with Crippen molar-refractivity contribution >= 4 is 23.7 Å². The van der Waals surface area contributed by atoms with E-state index in [2.05, 4.69) is 30.6 Å². The van der Waals surface area contributed by atoms with Gasteiger partial charge in [0.05, 0.1) is 59.2 Å². The number of carbonyl (C=O) groups excluding carboxylic acids is 3. The van der Waals surface area contributed by atoms with Gasteiger partial charge in [-0.1, -0.05) is 24.6 Å². The number of aromatic amines is 1. The second-order valence-corrected chi connectivity index (χ2v) is 16.2. The average Bonchev–Trinajstić information content (AvgIpc) is 3.78. The zero-order chi connectivity index (χ0) is 44.2. The average molecular weight is 858 g/mol. The number of methoxy groups -OCH3 is 1. The summed E-state index contributed by atoms with van der Waals surface area (Å²) in [6, 6.07) is 18.7. The highest BCUT2D eigenvalue weighted by atomic mass is 16.6. The number of anilines is 1. The fourth-order valence-corrected chi connectivity index (χ4v) is 6.83. The highest BCUT2D eigenvalue weighted by Gasteiger charge is 2.41. The molecule has 1 fully saturated rings. The Balaban J connectivity index is 1.06. The van der Waals surface area contributed by atoms with Crippen molar-refractivity contribution in [2.75, 3.05) is 71.8 Å². The Bertz CT molecular complexity index is 1980. The summed E-state index contributed by atoms with van der Waals surface area (Å²) < 4.78 is 32.8. The summed E-state index contributed by atoms with van der Waals surface area (Å²) in [6.45, 7) is 11.9. The number of esters is 1. The molecule has 1 aliphatic rings. The number of pyridine rings is 1. The number of ether oxygens (including phenoxy) is 6. The van der Waals surface area contributed by atoms with Crippen LogP contribution in [-0.2, 0) is 34.0 Å². The number of nitrogens with zero attached hydrogens (tertiary/aromatic N) is 4. The minimum absolute atomic E-state index is 0.212. The number of H-pyrrole nitrogens is 1. The summed E-state index contributed by atoms with van der Waals surface area (Å²) in [4.78, 5) is 48.4. The van der Waals surface area contributed by atoms with Gasteiger partial charge in [-0.15, -0.1) is 0 Å². The topological polar surface area (TPSA) is 188 Å². The Morgan fingerprint density at radius 1 is 0.839 bits per heavy atom. The molecule has 3 N–H and O–H groups in total. The molecule has 62 heavy (non-hydrogen) atoms. The Hall–Kier alpha value is -5.58. The maximum atomic E-state index is 13.7. The molecular formula is C46H63N7O9. The number of carbonyl (C=O) groups is 3. The summed E-state index contributed by atoms with van der Waals surface area (Å²) in [6.07, 6.45) is 8.29. The lowest BCUT2D eigenvalue weighted by Gasteiger charge is -2.41. The second kappa shape index (κ2) is 24.2. The standard InChI is InChI=1S/C46H63N7O9/c1-34(36-12-11-15-39(33-36)61-26-9-7-6-8-25-58-28-30-60-31-29-59-27-18-40(54)57-5)48-42(55)37-13-10-14-38(32-37)50-46(19-23-53(24-20-46)44(56)62-45(2,3)4)43-49-41(51-52-43)35-16-21-47-22-17-35/h10-17,21-22,32-34,50H,6-9,18-20,23-31H2,1-5H3,(H,48,55)(H,49,51,52). The third-order valence-corrected chi connectivity index (χ3v) is 10.2. The number of nitrogens with one attached hydrogen (secondary N) is 3. The van der Waals surface area contributed by atoms with Gasteiger partial charge in [-0.3, -0.25) is 19.7 Å². The van der Waals surface area contributed by atoms with Crippen LogP contribution in [0, 0.1) is 0 Å². The third kappa shape index (κ3) is 15.4. The molecule has 1 atom stereocenters. The molecule has 0 aliphatic carbocycles. The molecule has 2 amide bonds. The van der Waals surface area contributed by atoms with E-state index in [0.717, 1.165) is 48.2 Å². The van der Waals surface area contributed by atoms with Gasteiger partial charge in [0.1, 0.15) is 16.9 Å². The fraction of sp³-hybridized carbons (Fsp3) is 0.522. The third-order valence-electron chi connectivity index (χ3n) is 10.2. The molecule has 1 unspecified atom stereocenters. The Morgan fingerprint density at radius 2 is 1.52 bits per heavy atom. The van der Waals surface area contributed by atoms with Crippen LogP contribution < -0.4 is 15.4 Å². The van der Waals surface area contributed by atoms with Gasteiger partial charge >= 0.3 is 12.1 Å². The first-order valence-corrected chi connectivity index (χ1v) is 21.5. The lowest BCUT2D eigenvalue weighted by atomic mass is 9.86. The van der Waals surface area contributed by atoms with Crippen LogP contribution in [0.15, 0.2) is 73.1 Å². The molecule has 2 aromatic carbocycles. The van der Waals surface area contributed by atoms with Crippen molar-refractivity contribution in [3.8, 4) is 17.1 Å². The Kier molecular flexibility index (Phi) is 18.5. The van der Waals surface area contributed by atoms with E-state index >= 15 is 0 Å². The Morgan fingerprint density at radius 3 is 2.23 bits per heavy atom. The molecular weight excluding hydrogens is 795 g/mol. The molecule has 16 nitrogen and oxygen atoms in total. The molecule has 0 radical (unpaired) electrons. The largest absolute Gasteiger partial charge is 0.494 e. The van der Waals surface area contributed by atoms with E-state index in [4.69, 9.17) is 28.7 Å². The molecule has 2 aromatic heterocycles. The molecule has 0 saturated carbocycles. The van der Waals surface area contributed by atoms with Crippen molar-refractivity contribution in [2.45, 2.75) is 89.8 Å². The second-order valence-electron chi connectivity index (χ2n) is 16.2. The Labute approximate surface area is 364 Å². The maximum absolute atomic E-state index is 13.7. The highest BCUT2D eigenvalue weighted by Crippen LogP contribution is 2.36. The molecule has 3 heterocycles. The van der Waals surface area contributed by atoms with Gasteiger partial charge in [0, 0.05) is 48.9 Å². The smallest absolute Gasteiger partial charge is 0.410 e. The van der Waals surface area contributed by atoms with Gasteiger partial charge in [-0.2, -0.15) is 5.10 Å². The number of benzene rings is 2. The van der Waals surface area contributed by atoms with E-state index in [-0.39, 0.29) is 30.4 Å². The van der Waals surface area contributed by atoms with Crippen molar-refractivity contribution in [2.24, 2.45) is 0 Å². The van der Waals surface area contributed by atoms with E-state index < -0.39 is 11.1 Å². The van der Waals surface area contributed by atoms with Crippen LogP contribution in [0.5, 0.6) is 5.75 Å². The number of hydrogen-bond acceptors (Lipinski definition) is 13. The first-order chi connectivity index (χ1) is 29.9. The van der Waals surface area contributed by atoms with Crippen LogP contribution in [0.3, 0.4) is 0 Å². The SMILES string of the molecule is COC(=O)CCOCCOCCOCCCCCCOc1cccc(C(C)NC(=O)c2cccc(NC3(c4nc(-c5ccncc5)n[nH]4)CCN(C(=O)OC(C)(C)C)CC3)c2)c1.